The summed E-state index contributed by atoms with van der Waals surface area (Å²) in [5.74, 6) is 0.119. The highest BCUT2D eigenvalue weighted by atomic mass is 16.5. The number of nitrogens with one attached hydrogen (secondary N) is 1. The molecule has 4 rings (SSSR count). The largest absolute Gasteiger partial charge is 0.480 e. The summed E-state index contributed by atoms with van der Waals surface area (Å²) in [6.07, 6.45) is 0.0101. The second kappa shape index (κ2) is 8.97. The van der Waals surface area contributed by atoms with Gasteiger partial charge in [0.05, 0.1) is 18.8 Å². The predicted octanol–water partition coefficient (Wildman–Crippen LogP) is 3.89. The van der Waals surface area contributed by atoms with E-state index in [2.05, 4.69) is 10.2 Å². The maximum atomic E-state index is 12.6. The Morgan fingerprint density at radius 1 is 1.07 bits per heavy atom. The van der Waals surface area contributed by atoms with Crippen molar-refractivity contribution >= 4 is 34.3 Å². The molecular formula is C24H24N2O4. The van der Waals surface area contributed by atoms with Gasteiger partial charge in [0, 0.05) is 24.5 Å². The minimum atomic E-state index is -0.760. The molecule has 0 bridgehead atoms. The maximum Gasteiger partial charge on any atom is 0.265 e. The van der Waals surface area contributed by atoms with Crippen molar-refractivity contribution in [2.75, 3.05) is 36.5 Å². The van der Waals surface area contributed by atoms with E-state index in [1.807, 2.05) is 54.6 Å². The number of anilines is 2. The molecule has 6 nitrogen and oxygen atoms in total. The number of carbonyl (C=O) groups excluding carboxylic acids is 2. The Morgan fingerprint density at radius 3 is 2.53 bits per heavy atom. The maximum absolute atomic E-state index is 12.6. The van der Waals surface area contributed by atoms with Gasteiger partial charge in [0.25, 0.3) is 5.91 Å². The number of morpholine rings is 1. The zero-order chi connectivity index (χ0) is 20.9. The lowest BCUT2D eigenvalue weighted by molar-refractivity contribution is -0.122. The van der Waals surface area contributed by atoms with Crippen LogP contribution in [0.2, 0.25) is 0 Å². The number of hydrogen-bond acceptors (Lipinski definition) is 5. The first-order chi connectivity index (χ1) is 14.7. The lowest BCUT2D eigenvalue weighted by Crippen LogP contribution is -2.36. The van der Waals surface area contributed by atoms with Crippen LogP contribution in [-0.2, 0) is 9.53 Å². The van der Waals surface area contributed by atoms with E-state index in [4.69, 9.17) is 9.47 Å². The summed E-state index contributed by atoms with van der Waals surface area (Å²) in [7, 11) is 0. The SMILES string of the molecule is C[C@@H](Oc1ccc2ccccc2c1C=O)C(=O)Nc1ccc(N2CCOCC2)cc1. The molecule has 0 aromatic heterocycles. The van der Waals surface area contributed by atoms with Crippen LogP contribution in [0.4, 0.5) is 11.4 Å². The predicted molar refractivity (Wildman–Crippen MR) is 118 cm³/mol. The third kappa shape index (κ3) is 4.28. The topological polar surface area (TPSA) is 67.9 Å². The highest BCUT2D eigenvalue weighted by Crippen LogP contribution is 2.27. The summed E-state index contributed by atoms with van der Waals surface area (Å²) in [6.45, 7) is 4.85. The summed E-state index contributed by atoms with van der Waals surface area (Å²) in [5.41, 5.74) is 2.25. The van der Waals surface area contributed by atoms with Crippen LogP contribution in [0.1, 0.15) is 17.3 Å². The molecule has 154 valence electrons. The number of fused-ring (bicyclic) bond motifs is 1. The van der Waals surface area contributed by atoms with Crippen molar-refractivity contribution in [2.45, 2.75) is 13.0 Å². The van der Waals surface area contributed by atoms with Crippen molar-refractivity contribution in [1.82, 2.24) is 0 Å². The van der Waals surface area contributed by atoms with Crippen LogP contribution in [-0.4, -0.2) is 44.6 Å². The summed E-state index contributed by atoms with van der Waals surface area (Å²) >= 11 is 0. The van der Waals surface area contributed by atoms with Crippen LogP contribution in [0.15, 0.2) is 60.7 Å². The number of ether oxygens (including phenoxy) is 2. The molecule has 1 saturated heterocycles. The average molecular weight is 404 g/mol. The van der Waals surface area contributed by atoms with Gasteiger partial charge in [0.1, 0.15) is 5.75 Å². The van der Waals surface area contributed by atoms with Crippen molar-refractivity contribution in [3.63, 3.8) is 0 Å². The van der Waals surface area contributed by atoms with Gasteiger partial charge in [-0.3, -0.25) is 9.59 Å². The Bertz CT molecular complexity index is 1040. The standard InChI is InChI=1S/C24H24N2O4/c1-17(30-23-11-6-18-4-2-3-5-21(18)22(23)16-27)24(28)25-19-7-9-20(10-8-19)26-12-14-29-15-13-26/h2-11,16-17H,12-15H2,1H3,(H,25,28)/t17-/m1/s1. The number of amides is 1. The van der Waals surface area contributed by atoms with Crippen molar-refractivity contribution in [3.05, 3.63) is 66.2 Å². The van der Waals surface area contributed by atoms with Gasteiger partial charge in [-0.25, -0.2) is 0 Å². The molecular weight excluding hydrogens is 380 g/mol. The van der Waals surface area contributed by atoms with E-state index in [-0.39, 0.29) is 5.91 Å². The minimum Gasteiger partial charge on any atom is -0.480 e. The minimum absolute atomic E-state index is 0.279. The molecule has 1 heterocycles. The van der Waals surface area contributed by atoms with Gasteiger partial charge in [0.15, 0.2) is 12.4 Å². The molecule has 30 heavy (non-hydrogen) atoms. The summed E-state index contributed by atoms with van der Waals surface area (Å²) in [4.78, 5) is 26.5. The van der Waals surface area contributed by atoms with Crippen LogP contribution in [0.5, 0.6) is 5.75 Å². The Balaban J connectivity index is 1.43. The molecule has 3 aromatic carbocycles. The molecule has 6 heteroatoms. The average Bonchev–Trinajstić information content (AvgIpc) is 2.80. The number of benzene rings is 3. The highest BCUT2D eigenvalue weighted by molar-refractivity contribution is 6.01. The van der Waals surface area contributed by atoms with Crippen LogP contribution in [0, 0.1) is 0 Å². The van der Waals surface area contributed by atoms with E-state index in [0.29, 0.717) is 17.0 Å². The lowest BCUT2D eigenvalue weighted by atomic mass is 10.0. The molecule has 0 saturated carbocycles. The molecule has 0 radical (unpaired) electrons. The fourth-order valence-corrected chi connectivity index (χ4v) is 3.56. The van der Waals surface area contributed by atoms with Crippen molar-refractivity contribution in [2.24, 2.45) is 0 Å². The monoisotopic (exact) mass is 404 g/mol. The van der Waals surface area contributed by atoms with E-state index >= 15 is 0 Å². The van der Waals surface area contributed by atoms with E-state index in [1.54, 1.807) is 13.0 Å². The number of carbonyl (C=O) groups is 2. The highest BCUT2D eigenvalue weighted by Gasteiger charge is 2.18. The Labute approximate surface area is 175 Å². The van der Waals surface area contributed by atoms with E-state index in [0.717, 1.165) is 49.0 Å². The molecule has 1 atom stereocenters. The van der Waals surface area contributed by atoms with Gasteiger partial charge >= 0.3 is 0 Å². The molecule has 0 aliphatic carbocycles. The van der Waals surface area contributed by atoms with Gasteiger partial charge in [-0.2, -0.15) is 0 Å². The van der Waals surface area contributed by atoms with Crippen LogP contribution >= 0.6 is 0 Å². The van der Waals surface area contributed by atoms with Crippen LogP contribution in [0.3, 0.4) is 0 Å². The molecule has 1 amide bonds. The Morgan fingerprint density at radius 2 is 1.80 bits per heavy atom. The number of nitrogens with zero attached hydrogens (tertiary/aromatic N) is 1. The first-order valence-corrected chi connectivity index (χ1v) is 10.0. The third-order valence-electron chi connectivity index (χ3n) is 5.23. The molecule has 3 aromatic rings. The number of aldehydes is 1. The van der Waals surface area contributed by atoms with E-state index < -0.39 is 6.10 Å². The lowest BCUT2D eigenvalue weighted by Gasteiger charge is -2.29. The summed E-state index contributed by atoms with van der Waals surface area (Å²) in [6, 6.07) is 18.9. The van der Waals surface area contributed by atoms with Crippen LogP contribution < -0.4 is 15.0 Å². The Kier molecular flexibility index (Phi) is 5.95. The van der Waals surface area contributed by atoms with Gasteiger partial charge < -0.3 is 19.7 Å². The van der Waals surface area contributed by atoms with Gasteiger partial charge in [-0.15, -0.1) is 0 Å². The number of hydrogen-bond donors (Lipinski definition) is 1. The molecule has 1 aliphatic rings. The van der Waals surface area contributed by atoms with Gasteiger partial charge in [-0.1, -0.05) is 30.3 Å². The van der Waals surface area contributed by atoms with Gasteiger partial charge in [-0.05, 0) is 48.0 Å². The van der Waals surface area contributed by atoms with Crippen molar-refractivity contribution in [1.29, 1.82) is 0 Å². The smallest absolute Gasteiger partial charge is 0.265 e. The molecule has 1 fully saturated rings. The normalized spacial score (nSPS) is 14.9. The number of rotatable bonds is 6. The third-order valence-corrected chi connectivity index (χ3v) is 5.23. The Hall–Kier alpha value is -3.38. The van der Waals surface area contributed by atoms with Crippen molar-refractivity contribution in [3.8, 4) is 5.75 Å². The summed E-state index contributed by atoms with van der Waals surface area (Å²) < 4.78 is 11.2. The van der Waals surface area contributed by atoms with E-state index in [9.17, 15) is 9.59 Å². The first kappa shape index (κ1) is 19.9. The molecule has 0 spiro atoms. The van der Waals surface area contributed by atoms with Crippen molar-refractivity contribution < 1.29 is 19.1 Å². The second-order valence-electron chi connectivity index (χ2n) is 7.21. The fourth-order valence-electron chi connectivity index (χ4n) is 3.56. The van der Waals surface area contributed by atoms with Gasteiger partial charge in [0.2, 0.25) is 0 Å². The van der Waals surface area contributed by atoms with Crippen LogP contribution in [0.25, 0.3) is 10.8 Å². The van der Waals surface area contributed by atoms with E-state index in [1.165, 1.54) is 0 Å². The molecule has 1 aliphatic heterocycles. The molecule has 1 N–H and O–H groups in total. The molecule has 0 unspecified atom stereocenters. The quantitative estimate of drug-likeness (QED) is 0.631. The zero-order valence-corrected chi connectivity index (χ0v) is 16.8. The first-order valence-electron chi connectivity index (χ1n) is 10.0. The fraction of sp³-hybridized carbons (Fsp3) is 0.250. The zero-order valence-electron chi connectivity index (χ0n) is 16.8. The summed E-state index contributed by atoms with van der Waals surface area (Å²) in [5, 5.41) is 4.62. The second-order valence-corrected chi connectivity index (χ2v) is 7.21.